The summed E-state index contributed by atoms with van der Waals surface area (Å²) < 4.78 is 0. The fraction of sp³-hybridized carbons (Fsp3) is 0.350. The summed E-state index contributed by atoms with van der Waals surface area (Å²) in [6, 6.07) is 12.1. The summed E-state index contributed by atoms with van der Waals surface area (Å²) in [5, 5.41) is 1.41. The highest BCUT2D eigenvalue weighted by Crippen LogP contribution is 2.33. The van der Waals surface area contributed by atoms with E-state index >= 15 is 0 Å². The molecule has 3 heteroatoms. The minimum atomic E-state index is -0.0361. The van der Waals surface area contributed by atoms with Gasteiger partial charge < -0.3 is 4.84 Å². The lowest BCUT2D eigenvalue weighted by Gasteiger charge is -2.30. The van der Waals surface area contributed by atoms with E-state index in [4.69, 9.17) is 4.84 Å². The molecule has 1 aliphatic heterocycles. The van der Waals surface area contributed by atoms with Crippen molar-refractivity contribution in [2.45, 2.75) is 46.5 Å². The van der Waals surface area contributed by atoms with E-state index < -0.39 is 0 Å². The zero-order valence-corrected chi connectivity index (χ0v) is 14.4. The lowest BCUT2D eigenvalue weighted by atomic mass is 9.87. The Labute approximate surface area is 137 Å². The molecule has 2 aromatic rings. The summed E-state index contributed by atoms with van der Waals surface area (Å²) in [4.78, 5) is 18.4. The first-order chi connectivity index (χ1) is 10.8. The number of rotatable bonds is 1. The van der Waals surface area contributed by atoms with E-state index in [1.165, 1.54) is 10.6 Å². The molecule has 2 aromatic carbocycles. The van der Waals surface area contributed by atoms with Crippen molar-refractivity contribution in [2.24, 2.45) is 0 Å². The second-order valence-corrected chi connectivity index (χ2v) is 7.32. The van der Waals surface area contributed by atoms with Gasteiger partial charge in [-0.1, -0.05) is 50.6 Å². The third-order valence-electron chi connectivity index (χ3n) is 4.21. The first-order valence-electron chi connectivity index (χ1n) is 7.97. The summed E-state index contributed by atoms with van der Waals surface area (Å²) >= 11 is 0. The largest absolute Gasteiger partial charge is 0.371 e. The van der Waals surface area contributed by atoms with Gasteiger partial charge in [-0.15, -0.1) is 5.06 Å². The van der Waals surface area contributed by atoms with Crippen LogP contribution in [0, 0.1) is 13.8 Å². The average molecular weight is 309 g/mol. The van der Waals surface area contributed by atoms with Crippen molar-refractivity contribution in [1.29, 1.82) is 0 Å². The monoisotopic (exact) mass is 309 g/mol. The lowest BCUT2D eigenvalue weighted by Crippen LogP contribution is -2.39. The van der Waals surface area contributed by atoms with Crippen molar-refractivity contribution < 1.29 is 9.63 Å². The minimum absolute atomic E-state index is 0.0361. The first-order valence-corrected chi connectivity index (χ1v) is 7.97. The molecule has 0 aromatic heterocycles. The topological polar surface area (TPSA) is 29.5 Å². The number of benzene rings is 2. The molecule has 0 radical (unpaired) electrons. The molecule has 0 atom stereocenters. The molecule has 0 aliphatic carbocycles. The van der Waals surface area contributed by atoms with Crippen LogP contribution in [0.3, 0.4) is 0 Å². The molecule has 0 N–H and O–H groups in total. The number of fused-ring (bicyclic) bond motifs is 1. The van der Waals surface area contributed by atoms with E-state index in [0.717, 1.165) is 28.1 Å². The van der Waals surface area contributed by atoms with Crippen LogP contribution >= 0.6 is 0 Å². The van der Waals surface area contributed by atoms with E-state index in [1.807, 2.05) is 32.0 Å². The summed E-state index contributed by atoms with van der Waals surface area (Å²) in [6.45, 7) is 10.6. The summed E-state index contributed by atoms with van der Waals surface area (Å²) in [5.41, 5.74) is 5.28. The van der Waals surface area contributed by atoms with Gasteiger partial charge in [-0.25, -0.2) is 0 Å². The maximum atomic E-state index is 12.5. The standard InChI is InChI=1S/C20H23NO2/c1-13-10-14(2)19-15(11-13)12-18(22)21(23-19)17-8-6-16(7-9-17)20(3,4)5/h6-11H,12H2,1-5H3. The Morgan fingerprint density at radius 3 is 2.30 bits per heavy atom. The van der Waals surface area contributed by atoms with Crippen LogP contribution in [0.25, 0.3) is 0 Å². The third-order valence-corrected chi connectivity index (χ3v) is 4.21. The van der Waals surface area contributed by atoms with E-state index in [2.05, 4.69) is 39.0 Å². The Morgan fingerprint density at radius 1 is 1.04 bits per heavy atom. The van der Waals surface area contributed by atoms with Gasteiger partial charge in [0, 0.05) is 5.56 Å². The molecule has 1 amide bonds. The second kappa shape index (κ2) is 5.41. The molecule has 1 heterocycles. The van der Waals surface area contributed by atoms with Crippen LogP contribution in [0.15, 0.2) is 36.4 Å². The molecule has 1 aliphatic rings. The maximum absolute atomic E-state index is 12.5. The SMILES string of the molecule is Cc1cc(C)c2c(c1)CC(=O)N(c1ccc(C(C)(C)C)cc1)O2. The van der Waals surface area contributed by atoms with Crippen molar-refractivity contribution in [3.8, 4) is 5.75 Å². The van der Waals surface area contributed by atoms with Gasteiger partial charge in [-0.05, 0) is 42.5 Å². The van der Waals surface area contributed by atoms with Crippen molar-refractivity contribution in [3.63, 3.8) is 0 Å². The summed E-state index contributed by atoms with van der Waals surface area (Å²) in [6.07, 6.45) is 0.374. The number of carbonyl (C=O) groups excluding carboxylic acids is 1. The average Bonchev–Trinajstić information content (AvgIpc) is 2.45. The Morgan fingerprint density at radius 2 is 1.70 bits per heavy atom. The number of hydrogen-bond donors (Lipinski definition) is 0. The van der Waals surface area contributed by atoms with E-state index in [0.29, 0.717) is 6.42 Å². The quantitative estimate of drug-likeness (QED) is 0.777. The van der Waals surface area contributed by atoms with Gasteiger partial charge >= 0.3 is 0 Å². The lowest BCUT2D eigenvalue weighted by molar-refractivity contribution is -0.123. The van der Waals surface area contributed by atoms with Crippen molar-refractivity contribution in [1.82, 2.24) is 0 Å². The molecular weight excluding hydrogens is 286 g/mol. The van der Waals surface area contributed by atoms with Gasteiger partial charge in [0.05, 0.1) is 12.1 Å². The molecule has 0 unspecified atom stereocenters. The summed E-state index contributed by atoms with van der Waals surface area (Å²) in [5.74, 6) is 0.765. The highest BCUT2D eigenvalue weighted by Gasteiger charge is 2.28. The molecule has 120 valence electrons. The zero-order valence-electron chi connectivity index (χ0n) is 14.4. The maximum Gasteiger partial charge on any atom is 0.264 e. The molecule has 0 spiro atoms. The molecule has 0 saturated carbocycles. The van der Waals surface area contributed by atoms with Crippen molar-refractivity contribution >= 4 is 11.6 Å². The van der Waals surface area contributed by atoms with Crippen LogP contribution in [0.5, 0.6) is 5.75 Å². The Bertz CT molecular complexity index is 754. The third kappa shape index (κ3) is 2.96. The van der Waals surface area contributed by atoms with Crippen LogP contribution < -0.4 is 9.90 Å². The Balaban J connectivity index is 1.94. The molecule has 3 rings (SSSR count). The normalized spacial score (nSPS) is 14.5. The smallest absolute Gasteiger partial charge is 0.264 e. The van der Waals surface area contributed by atoms with E-state index in [9.17, 15) is 4.79 Å². The van der Waals surface area contributed by atoms with Gasteiger partial charge in [-0.3, -0.25) is 4.79 Å². The fourth-order valence-electron chi connectivity index (χ4n) is 2.97. The van der Waals surface area contributed by atoms with Gasteiger partial charge in [0.25, 0.3) is 5.91 Å². The van der Waals surface area contributed by atoms with Crippen molar-refractivity contribution in [3.05, 3.63) is 58.7 Å². The first kappa shape index (κ1) is 15.6. The summed E-state index contributed by atoms with van der Waals surface area (Å²) in [7, 11) is 0. The minimum Gasteiger partial charge on any atom is -0.371 e. The van der Waals surface area contributed by atoms with Crippen LogP contribution in [-0.2, 0) is 16.6 Å². The van der Waals surface area contributed by atoms with E-state index in [1.54, 1.807) is 0 Å². The zero-order chi connectivity index (χ0) is 16.8. The van der Waals surface area contributed by atoms with Crippen LogP contribution in [0.1, 0.15) is 43.0 Å². The number of amides is 1. The predicted molar refractivity (Wildman–Crippen MR) is 92.9 cm³/mol. The van der Waals surface area contributed by atoms with Crippen molar-refractivity contribution in [2.75, 3.05) is 5.06 Å². The molecular formula is C20H23NO2. The second-order valence-electron chi connectivity index (χ2n) is 7.32. The number of anilines is 1. The van der Waals surface area contributed by atoms with Crippen LogP contribution in [0.4, 0.5) is 5.69 Å². The molecule has 23 heavy (non-hydrogen) atoms. The number of aryl methyl sites for hydroxylation is 2. The highest BCUT2D eigenvalue weighted by atomic mass is 16.7. The van der Waals surface area contributed by atoms with E-state index in [-0.39, 0.29) is 11.3 Å². The predicted octanol–water partition coefficient (Wildman–Crippen LogP) is 4.48. The highest BCUT2D eigenvalue weighted by molar-refractivity contribution is 5.95. The molecule has 0 saturated heterocycles. The van der Waals surface area contributed by atoms with Crippen LogP contribution in [-0.4, -0.2) is 5.91 Å². The number of carbonyl (C=O) groups is 1. The molecule has 0 fully saturated rings. The fourth-order valence-corrected chi connectivity index (χ4v) is 2.97. The van der Waals surface area contributed by atoms with Crippen LogP contribution in [0.2, 0.25) is 0 Å². The molecule has 3 nitrogen and oxygen atoms in total. The number of nitrogens with zero attached hydrogens (tertiary/aromatic N) is 1. The molecule has 0 bridgehead atoms. The Hall–Kier alpha value is -2.29. The van der Waals surface area contributed by atoms with Gasteiger partial charge in [0.15, 0.2) is 5.75 Å². The Kier molecular flexibility index (Phi) is 3.67. The van der Waals surface area contributed by atoms with Gasteiger partial charge in [0.1, 0.15) is 0 Å². The number of hydrogen-bond acceptors (Lipinski definition) is 2. The number of hydroxylamine groups is 1. The van der Waals surface area contributed by atoms with Gasteiger partial charge in [-0.2, -0.15) is 0 Å². The van der Waals surface area contributed by atoms with Gasteiger partial charge in [0.2, 0.25) is 0 Å².